The molecule has 0 saturated heterocycles. The Hall–Kier alpha value is -2.73. The van der Waals surface area contributed by atoms with Gasteiger partial charge in [0.25, 0.3) is 0 Å². The highest BCUT2D eigenvalue weighted by Crippen LogP contribution is 2.34. The Kier molecular flexibility index (Phi) is 3.84. The maximum Gasteiger partial charge on any atom is 0.194 e. The Morgan fingerprint density at radius 1 is 1.09 bits per heavy atom. The second-order valence-electron chi connectivity index (χ2n) is 5.29. The van der Waals surface area contributed by atoms with Gasteiger partial charge in [-0.25, -0.2) is 0 Å². The summed E-state index contributed by atoms with van der Waals surface area (Å²) in [5.74, 6) is 6.68. The minimum atomic E-state index is -0.817. The van der Waals surface area contributed by atoms with Crippen LogP contribution in [0.3, 0.4) is 0 Å². The maximum absolute atomic E-state index is 12.8. The second kappa shape index (κ2) is 5.95. The Balaban J connectivity index is 1.87. The molecule has 22 heavy (non-hydrogen) atoms. The van der Waals surface area contributed by atoms with Gasteiger partial charge >= 0.3 is 0 Å². The summed E-state index contributed by atoms with van der Waals surface area (Å²) in [6.07, 6.45) is 0.420. The third kappa shape index (κ3) is 2.56. The van der Waals surface area contributed by atoms with Crippen LogP contribution >= 0.6 is 0 Å². The van der Waals surface area contributed by atoms with Crippen LogP contribution in [-0.2, 0) is 0 Å². The summed E-state index contributed by atoms with van der Waals surface area (Å²) in [5, 5.41) is 3.33. The third-order valence-electron chi connectivity index (χ3n) is 3.78. The molecule has 1 heterocycles. The van der Waals surface area contributed by atoms with Gasteiger partial charge < -0.3 is 10.1 Å². The van der Waals surface area contributed by atoms with Crippen LogP contribution in [0.1, 0.15) is 23.7 Å². The zero-order chi connectivity index (χ0) is 15.4. The number of benzene rings is 2. The van der Waals surface area contributed by atoms with Gasteiger partial charge in [-0.15, -0.1) is 11.8 Å². The summed E-state index contributed by atoms with van der Waals surface area (Å²) >= 11 is 0. The molecule has 1 atom stereocenters. The molecule has 2 aromatic carbocycles. The second-order valence-corrected chi connectivity index (χ2v) is 5.29. The lowest BCUT2D eigenvalue weighted by Crippen LogP contribution is -2.47. The highest BCUT2D eigenvalue weighted by molar-refractivity contribution is 6.13. The Bertz CT molecular complexity index is 743. The lowest BCUT2D eigenvalue weighted by atomic mass is 9.91. The molecule has 0 saturated carbocycles. The van der Waals surface area contributed by atoms with Crippen LogP contribution in [0, 0.1) is 11.8 Å². The number of hydrogen-bond donors (Lipinski definition) is 1. The lowest BCUT2D eigenvalue weighted by molar-refractivity contribution is 0.0873. The van der Waals surface area contributed by atoms with Gasteiger partial charge in [0.1, 0.15) is 17.9 Å². The molecule has 3 rings (SSSR count). The molecule has 110 valence electrons. The Labute approximate surface area is 130 Å². The van der Waals surface area contributed by atoms with E-state index in [0.29, 0.717) is 12.0 Å². The molecule has 0 bridgehead atoms. The highest BCUT2D eigenvalue weighted by Gasteiger charge is 2.45. The molecular weight excluding hydrogens is 274 g/mol. The van der Waals surface area contributed by atoms with Crippen LogP contribution in [0.15, 0.2) is 54.6 Å². The van der Waals surface area contributed by atoms with Crippen LogP contribution < -0.4 is 10.1 Å². The molecule has 1 aliphatic heterocycles. The first kappa shape index (κ1) is 14.2. The predicted molar refractivity (Wildman–Crippen MR) is 87.1 cm³/mol. The molecule has 0 amide bonds. The zero-order valence-electron chi connectivity index (χ0n) is 12.4. The normalized spacial score (nSPS) is 18.9. The van der Waals surface area contributed by atoms with Crippen molar-refractivity contribution in [3.8, 4) is 17.6 Å². The Morgan fingerprint density at radius 3 is 2.55 bits per heavy atom. The average molecular weight is 291 g/mol. The van der Waals surface area contributed by atoms with E-state index in [4.69, 9.17) is 4.74 Å². The molecule has 0 spiro atoms. The number of fused-ring (bicyclic) bond motifs is 1. The first-order valence-corrected chi connectivity index (χ1v) is 7.25. The Morgan fingerprint density at radius 2 is 1.82 bits per heavy atom. The third-order valence-corrected chi connectivity index (χ3v) is 3.78. The van der Waals surface area contributed by atoms with Crippen molar-refractivity contribution in [1.29, 1.82) is 0 Å². The van der Waals surface area contributed by atoms with Gasteiger partial charge in [-0.1, -0.05) is 30.3 Å². The fraction of sp³-hybridized carbons (Fsp3) is 0.211. The first-order chi connectivity index (χ1) is 10.7. The van der Waals surface area contributed by atoms with Crippen LogP contribution in [0.4, 0.5) is 5.69 Å². The molecule has 0 fully saturated rings. The van der Waals surface area contributed by atoms with E-state index in [2.05, 4.69) is 17.2 Å². The van der Waals surface area contributed by atoms with Crippen LogP contribution in [0.5, 0.6) is 5.75 Å². The number of carbonyl (C=O) groups excluding carboxylic acids is 1. The van der Waals surface area contributed by atoms with Crippen LogP contribution in [0.2, 0.25) is 0 Å². The molecule has 0 aromatic heterocycles. The van der Waals surface area contributed by atoms with Crippen molar-refractivity contribution in [3.05, 3.63) is 60.2 Å². The van der Waals surface area contributed by atoms with Crippen molar-refractivity contribution in [3.63, 3.8) is 0 Å². The number of carbonyl (C=O) groups is 1. The average Bonchev–Trinajstić information content (AvgIpc) is 2.85. The van der Waals surface area contributed by atoms with Gasteiger partial charge in [0.15, 0.2) is 5.78 Å². The van der Waals surface area contributed by atoms with Crippen LogP contribution in [0.25, 0.3) is 0 Å². The molecule has 3 heteroatoms. The number of anilines is 1. The van der Waals surface area contributed by atoms with Gasteiger partial charge in [0, 0.05) is 17.7 Å². The zero-order valence-corrected chi connectivity index (χ0v) is 12.4. The largest absolute Gasteiger partial charge is 0.491 e. The number of nitrogens with one attached hydrogen (secondary N) is 1. The van der Waals surface area contributed by atoms with Crippen molar-refractivity contribution < 1.29 is 9.53 Å². The number of hydrogen-bond acceptors (Lipinski definition) is 3. The van der Waals surface area contributed by atoms with Gasteiger partial charge in [-0.2, -0.15) is 0 Å². The maximum atomic E-state index is 12.8. The van der Waals surface area contributed by atoms with E-state index in [1.165, 1.54) is 0 Å². The number of para-hydroxylation sites is 2. The number of ketones is 1. The first-order valence-electron chi connectivity index (χ1n) is 7.25. The lowest BCUT2D eigenvalue weighted by Gasteiger charge is -2.26. The quantitative estimate of drug-likeness (QED) is 0.876. The van der Waals surface area contributed by atoms with E-state index in [-0.39, 0.29) is 12.4 Å². The molecule has 0 aliphatic carbocycles. The summed E-state index contributed by atoms with van der Waals surface area (Å²) < 4.78 is 5.84. The fourth-order valence-electron chi connectivity index (χ4n) is 2.60. The number of ether oxygens (including phenoxy) is 1. The number of Topliss-reactive ketones (excluding diaryl/α,β-unsaturated/α-hetero) is 1. The SMILES string of the molecule is CC#CCC1(COc2ccccc2)Nc2ccccc2C1=O. The highest BCUT2D eigenvalue weighted by atomic mass is 16.5. The van der Waals surface area contributed by atoms with Crippen molar-refractivity contribution in [2.45, 2.75) is 18.9 Å². The van der Waals surface area contributed by atoms with E-state index < -0.39 is 5.54 Å². The molecule has 0 radical (unpaired) electrons. The molecule has 1 N–H and O–H groups in total. The molecule has 1 unspecified atom stereocenters. The molecular formula is C19H17NO2. The van der Waals surface area contributed by atoms with E-state index >= 15 is 0 Å². The summed E-state index contributed by atoms with van der Waals surface area (Å²) in [6, 6.07) is 17.1. The topological polar surface area (TPSA) is 38.3 Å². The molecule has 2 aromatic rings. The predicted octanol–water partition coefficient (Wildman–Crippen LogP) is 3.53. The summed E-state index contributed by atoms with van der Waals surface area (Å²) in [4.78, 5) is 12.8. The molecule has 3 nitrogen and oxygen atoms in total. The standard InChI is InChI=1S/C19H17NO2/c1-2-3-13-19(14-22-15-9-5-4-6-10-15)18(21)16-11-7-8-12-17(16)20-19/h4-12,20H,13-14H2,1H3. The minimum absolute atomic E-state index is 0.0433. The van der Waals surface area contributed by atoms with Crippen LogP contribution in [-0.4, -0.2) is 17.9 Å². The fourth-order valence-corrected chi connectivity index (χ4v) is 2.60. The van der Waals surface area contributed by atoms with Gasteiger partial charge in [0.2, 0.25) is 0 Å². The van der Waals surface area contributed by atoms with E-state index in [1.54, 1.807) is 6.92 Å². The van der Waals surface area contributed by atoms with Crippen molar-refractivity contribution in [2.24, 2.45) is 0 Å². The molecule has 1 aliphatic rings. The van der Waals surface area contributed by atoms with Crippen molar-refractivity contribution in [1.82, 2.24) is 0 Å². The van der Waals surface area contributed by atoms with Gasteiger partial charge in [0.05, 0.1) is 0 Å². The van der Waals surface area contributed by atoms with E-state index in [9.17, 15) is 4.79 Å². The van der Waals surface area contributed by atoms with Gasteiger partial charge in [-0.05, 0) is 31.2 Å². The summed E-state index contributed by atoms with van der Waals surface area (Å²) in [5.41, 5.74) is 0.738. The summed E-state index contributed by atoms with van der Waals surface area (Å²) in [6.45, 7) is 2.03. The van der Waals surface area contributed by atoms with Gasteiger partial charge in [-0.3, -0.25) is 4.79 Å². The minimum Gasteiger partial charge on any atom is -0.491 e. The number of rotatable bonds is 4. The smallest absolute Gasteiger partial charge is 0.194 e. The monoisotopic (exact) mass is 291 g/mol. The van der Waals surface area contributed by atoms with Crippen molar-refractivity contribution in [2.75, 3.05) is 11.9 Å². The van der Waals surface area contributed by atoms with E-state index in [0.717, 1.165) is 11.4 Å². The summed E-state index contributed by atoms with van der Waals surface area (Å²) in [7, 11) is 0. The van der Waals surface area contributed by atoms with E-state index in [1.807, 2.05) is 54.6 Å². The van der Waals surface area contributed by atoms with Crippen molar-refractivity contribution >= 4 is 11.5 Å².